The molecule has 4 heteroatoms. The smallest absolute Gasteiger partial charge is 0.176 e. The van der Waals surface area contributed by atoms with Crippen LogP contribution >= 0.6 is 0 Å². The molecule has 0 radical (unpaired) electrons. The molecule has 0 fully saturated rings. The molecule has 1 aromatic heterocycles. The van der Waals surface area contributed by atoms with Crippen molar-refractivity contribution in [2.45, 2.75) is 0 Å². The number of fused-ring (bicyclic) bond motifs is 2. The minimum Gasteiger partial charge on any atom is -1.00 e. The highest BCUT2D eigenvalue weighted by Gasteiger charge is 2.10. The van der Waals surface area contributed by atoms with Gasteiger partial charge in [0, 0.05) is 16.8 Å². The van der Waals surface area contributed by atoms with Crippen LogP contribution in [0.25, 0.3) is 21.5 Å². The van der Waals surface area contributed by atoms with Crippen LogP contribution in [-0.2, 0) is 7.05 Å². The number of pyridine rings is 1. The zero-order chi connectivity index (χ0) is 13.4. The van der Waals surface area contributed by atoms with Crippen molar-refractivity contribution in [3.63, 3.8) is 0 Å². The molecule has 0 spiro atoms. The predicted octanol–water partition coefficient (Wildman–Crippen LogP) is -0.161. The van der Waals surface area contributed by atoms with Gasteiger partial charge in [-0.2, -0.15) is 0 Å². The number of halogens is 1. The molecule has 0 saturated carbocycles. The van der Waals surface area contributed by atoms with Gasteiger partial charge in [0.1, 0.15) is 7.05 Å². The molecule has 2 aromatic carbocycles. The Morgan fingerprint density at radius 3 is 2.40 bits per heavy atom. The highest BCUT2D eigenvalue weighted by molar-refractivity contribution is 6.01. The second kappa shape index (κ2) is 5.83. The van der Waals surface area contributed by atoms with Gasteiger partial charge in [-0.3, -0.25) is 0 Å². The normalized spacial score (nSPS) is 10.3. The van der Waals surface area contributed by atoms with Gasteiger partial charge in [0.2, 0.25) is 0 Å². The first kappa shape index (κ1) is 14.8. The van der Waals surface area contributed by atoms with E-state index in [1.807, 2.05) is 17.7 Å². The molecule has 104 valence electrons. The number of nitrogens with zero attached hydrogens (tertiary/aromatic N) is 1. The fraction of sp³-hybridized carbons (Fsp3) is 0.188. The van der Waals surface area contributed by atoms with Crippen LogP contribution < -0.4 is 38.0 Å². The lowest BCUT2D eigenvalue weighted by Gasteiger charge is -2.11. The summed E-state index contributed by atoms with van der Waals surface area (Å²) < 4.78 is 12.9. The lowest BCUT2D eigenvalue weighted by molar-refractivity contribution is -0.670. The van der Waals surface area contributed by atoms with Crippen molar-refractivity contribution < 1.29 is 38.0 Å². The molecule has 3 aromatic rings. The Morgan fingerprint density at radius 2 is 1.70 bits per heavy atom. The summed E-state index contributed by atoms with van der Waals surface area (Å²) in [6, 6.07) is 10.4. The zero-order valence-corrected chi connectivity index (χ0v) is 13.8. The Hall–Kier alpha value is -1.56. The number of methoxy groups -OCH3 is 2. The van der Waals surface area contributed by atoms with Crippen molar-refractivity contribution >= 4 is 21.5 Å². The maximum absolute atomic E-state index is 5.50. The highest BCUT2D eigenvalue weighted by atomic mass is 127. The molecular weight excluding hydrogens is 365 g/mol. The summed E-state index contributed by atoms with van der Waals surface area (Å²) in [5.41, 5.74) is 0. The molecular formula is C16H16INO2. The average molecular weight is 381 g/mol. The summed E-state index contributed by atoms with van der Waals surface area (Å²) in [5, 5.41) is 4.63. The van der Waals surface area contributed by atoms with Crippen LogP contribution in [0.1, 0.15) is 0 Å². The summed E-state index contributed by atoms with van der Waals surface area (Å²) in [7, 11) is 5.35. The van der Waals surface area contributed by atoms with Gasteiger partial charge < -0.3 is 33.5 Å². The van der Waals surface area contributed by atoms with E-state index in [0.717, 1.165) is 22.3 Å². The first-order chi connectivity index (χ1) is 9.22. The first-order valence-electron chi connectivity index (χ1n) is 6.16. The van der Waals surface area contributed by atoms with Crippen LogP contribution in [0.4, 0.5) is 0 Å². The van der Waals surface area contributed by atoms with Gasteiger partial charge >= 0.3 is 0 Å². The monoisotopic (exact) mass is 381 g/mol. The van der Waals surface area contributed by atoms with E-state index in [1.54, 1.807) is 14.2 Å². The third-order valence-corrected chi connectivity index (χ3v) is 3.39. The van der Waals surface area contributed by atoms with Crippen LogP contribution in [-0.4, -0.2) is 14.2 Å². The topological polar surface area (TPSA) is 22.3 Å². The van der Waals surface area contributed by atoms with Gasteiger partial charge in [-0.05, 0) is 29.0 Å². The highest BCUT2D eigenvalue weighted by Crippen LogP contribution is 2.36. The van der Waals surface area contributed by atoms with Crippen LogP contribution in [0.15, 0.2) is 42.7 Å². The van der Waals surface area contributed by atoms with Crippen LogP contribution in [0.5, 0.6) is 11.5 Å². The van der Waals surface area contributed by atoms with Crippen LogP contribution in [0.3, 0.4) is 0 Å². The van der Waals surface area contributed by atoms with Gasteiger partial charge in [-0.1, -0.05) is 6.07 Å². The Balaban J connectivity index is 0.00000147. The van der Waals surface area contributed by atoms with E-state index in [4.69, 9.17) is 9.47 Å². The summed E-state index contributed by atoms with van der Waals surface area (Å²) in [4.78, 5) is 0. The number of hydrogen-bond donors (Lipinski definition) is 0. The fourth-order valence-electron chi connectivity index (χ4n) is 2.45. The minimum absolute atomic E-state index is 0. The standard InChI is InChI=1S/C16H16NO2.HI/c1-17-7-6-11-8-12-4-5-15(18-2)16(19-3)14(12)9-13(11)10-17;/h4-10H,1-3H3;1H/q+1;/p-1. The fourth-order valence-corrected chi connectivity index (χ4v) is 2.45. The van der Waals surface area contributed by atoms with Gasteiger partial charge in [-0.15, -0.1) is 0 Å². The van der Waals surface area contributed by atoms with Crippen LogP contribution in [0, 0.1) is 0 Å². The van der Waals surface area contributed by atoms with Gasteiger partial charge in [0.15, 0.2) is 23.9 Å². The largest absolute Gasteiger partial charge is 1.00 e. The Kier molecular flexibility index (Phi) is 4.32. The molecule has 3 rings (SSSR count). The van der Waals surface area contributed by atoms with Gasteiger partial charge in [0.25, 0.3) is 0 Å². The quantitative estimate of drug-likeness (QED) is 0.350. The lowest BCUT2D eigenvalue weighted by atomic mass is 10.0. The van der Waals surface area contributed by atoms with Crippen molar-refractivity contribution in [3.05, 3.63) is 42.7 Å². The van der Waals surface area contributed by atoms with Gasteiger partial charge in [0.05, 0.1) is 14.2 Å². The van der Waals surface area contributed by atoms with E-state index < -0.39 is 0 Å². The Labute approximate surface area is 135 Å². The molecule has 3 nitrogen and oxygen atoms in total. The molecule has 0 aliphatic rings. The molecule has 0 aliphatic heterocycles. The SMILES string of the molecule is COc1ccc2cc3cc[n+](C)cc3cc2c1OC.[I-]. The first-order valence-corrected chi connectivity index (χ1v) is 6.16. The number of benzene rings is 2. The maximum Gasteiger partial charge on any atom is 0.176 e. The van der Waals surface area contributed by atoms with E-state index in [2.05, 4.69) is 36.7 Å². The van der Waals surface area contributed by atoms with Gasteiger partial charge in [-0.25, -0.2) is 4.57 Å². The summed E-state index contributed by atoms with van der Waals surface area (Å²) in [5.74, 6) is 1.54. The Morgan fingerprint density at radius 1 is 0.900 bits per heavy atom. The minimum atomic E-state index is 0. The maximum atomic E-state index is 5.50. The van der Waals surface area contributed by atoms with Crippen molar-refractivity contribution in [2.75, 3.05) is 14.2 Å². The lowest BCUT2D eigenvalue weighted by Crippen LogP contribution is -3.00. The van der Waals surface area contributed by atoms with Crippen molar-refractivity contribution in [2.24, 2.45) is 7.05 Å². The second-order valence-corrected chi connectivity index (χ2v) is 4.61. The molecule has 0 N–H and O–H groups in total. The third kappa shape index (κ3) is 2.40. The van der Waals surface area contributed by atoms with Crippen molar-refractivity contribution in [3.8, 4) is 11.5 Å². The Bertz CT molecular complexity index is 771. The van der Waals surface area contributed by atoms with E-state index in [0.29, 0.717) is 0 Å². The summed E-state index contributed by atoms with van der Waals surface area (Å²) in [6.07, 6.45) is 4.16. The molecule has 0 atom stereocenters. The van der Waals surface area contributed by atoms with E-state index >= 15 is 0 Å². The van der Waals surface area contributed by atoms with Crippen molar-refractivity contribution in [1.29, 1.82) is 0 Å². The number of ether oxygens (including phenoxy) is 2. The third-order valence-electron chi connectivity index (χ3n) is 3.39. The van der Waals surface area contributed by atoms with E-state index in [9.17, 15) is 0 Å². The van der Waals surface area contributed by atoms with E-state index in [-0.39, 0.29) is 24.0 Å². The summed E-state index contributed by atoms with van der Waals surface area (Å²) in [6.45, 7) is 0. The molecule has 1 heterocycles. The molecule has 0 bridgehead atoms. The number of aryl methyl sites for hydroxylation is 1. The second-order valence-electron chi connectivity index (χ2n) is 4.61. The van der Waals surface area contributed by atoms with Crippen molar-refractivity contribution in [1.82, 2.24) is 0 Å². The zero-order valence-electron chi connectivity index (χ0n) is 11.7. The predicted molar refractivity (Wildman–Crippen MR) is 75.7 cm³/mol. The number of aromatic nitrogens is 1. The molecule has 20 heavy (non-hydrogen) atoms. The molecule has 0 unspecified atom stereocenters. The van der Waals surface area contributed by atoms with Crippen LogP contribution in [0.2, 0.25) is 0 Å². The average Bonchev–Trinajstić information content (AvgIpc) is 2.43. The molecule has 0 amide bonds. The van der Waals surface area contributed by atoms with E-state index in [1.165, 1.54) is 10.8 Å². The number of rotatable bonds is 2. The molecule has 0 aliphatic carbocycles. The number of hydrogen-bond acceptors (Lipinski definition) is 2. The summed E-state index contributed by atoms with van der Waals surface area (Å²) >= 11 is 0. The molecule has 0 saturated heterocycles.